The number of aryl methyl sites for hydroxylation is 1. The minimum atomic E-state index is -4.40. The second-order valence-corrected chi connectivity index (χ2v) is 5.52. The SMILES string of the molecule is FC(F)(F)c1ccccc1OCCCc1nc(CCl)cs1. The summed E-state index contributed by atoms with van der Waals surface area (Å²) in [5.41, 5.74) is 0.0728. The van der Waals surface area contributed by atoms with Crippen molar-refractivity contribution in [2.24, 2.45) is 0 Å². The maximum atomic E-state index is 12.8. The zero-order valence-electron chi connectivity index (χ0n) is 11.0. The molecule has 0 N–H and O–H groups in total. The van der Waals surface area contributed by atoms with Crippen molar-refractivity contribution in [1.82, 2.24) is 4.98 Å². The Labute approximate surface area is 129 Å². The molecule has 0 fully saturated rings. The Hall–Kier alpha value is -1.27. The Morgan fingerprint density at radius 2 is 2.00 bits per heavy atom. The van der Waals surface area contributed by atoms with Crippen LogP contribution in [0.2, 0.25) is 0 Å². The maximum absolute atomic E-state index is 12.8. The van der Waals surface area contributed by atoms with Gasteiger partial charge in [-0.15, -0.1) is 22.9 Å². The van der Waals surface area contributed by atoms with Crippen LogP contribution in [0, 0.1) is 0 Å². The van der Waals surface area contributed by atoms with Crippen LogP contribution in [0.15, 0.2) is 29.6 Å². The third-order valence-electron chi connectivity index (χ3n) is 2.72. The molecule has 2 aromatic rings. The molecular weight excluding hydrogens is 323 g/mol. The highest BCUT2D eigenvalue weighted by molar-refractivity contribution is 7.09. The van der Waals surface area contributed by atoms with Gasteiger partial charge >= 0.3 is 6.18 Å². The van der Waals surface area contributed by atoms with Gasteiger partial charge in [-0.25, -0.2) is 4.98 Å². The van der Waals surface area contributed by atoms with Crippen LogP contribution in [0.25, 0.3) is 0 Å². The summed E-state index contributed by atoms with van der Waals surface area (Å²) in [7, 11) is 0. The van der Waals surface area contributed by atoms with E-state index in [-0.39, 0.29) is 12.4 Å². The minimum absolute atomic E-state index is 0.134. The van der Waals surface area contributed by atoms with Crippen LogP contribution in [0.4, 0.5) is 13.2 Å². The molecule has 0 amide bonds. The smallest absolute Gasteiger partial charge is 0.419 e. The fourth-order valence-corrected chi connectivity index (χ4v) is 2.83. The van der Waals surface area contributed by atoms with Gasteiger partial charge in [0, 0.05) is 11.8 Å². The van der Waals surface area contributed by atoms with Gasteiger partial charge in [0.2, 0.25) is 0 Å². The zero-order chi connectivity index (χ0) is 15.3. The lowest BCUT2D eigenvalue weighted by molar-refractivity contribution is -0.138. The number of benzene rings is 1. The summed E-state index contributed by atoms with van der Waals surface area (Å²) >= 11 is 7.15. The van der Waals surface area contributed by atoms with E-state index in [1.165, 1.54) is 29.5 Å². The third kappa shape index (κ3) is 4.61. The van der Waals surface area contributed by atoms with Gasteiger partial charge in [-0.05, 0) is 18.6 Å². The summed E-state index contributed by atoms with van der Waals surface area (Å²) in [5.74, 6) is 0.233. The molecule has 0 aliphatic rings. The van der Waals surface area contributed by atoms with E-state index < -0.39 is 11.7 Å². The van der Waals surface area contributed by atoms with Crippen LogP contribution in [0.3, 0.4) is 0 Å². The molecule has 114 valence electrons. The molecule has 0 radical (unpaired) electrons. The molecule has 0 aliphatic heterocycles. The molecule has 1 aromatic carbocycles. The van der Waals surface area contributed by atoms with Gasteiger partial charge in [0.1, 0.15) is 5.75 Å². The van der Waals surface area contributed by atoms with Crippen LogP contribution in [-0.4, -0.2) is 11.6 Å². The fraction of sp³-hybridized carbons (Fsp3) is 0.357. The predicted octanol–water partition coefficient (Wildman–Crippen LogP) is 4.91. The number of alkyl halides is 4. The van der Waals surface area contributed by atoms with E-state index in [0.717, 1.165) is 16.8 Å². The van der Waals surface area contributed by atoms with Gasteiger partial charge < -0.3 is 4.74 Å². The van der Waals surface area contributed by atoms with Crippen molar-refractivity contribution >= 4 is 22.9 Å². The molecule has 0 aliphatic carbocycles. The average molecular weight is 336 g/mol. The number of thiazole rings is 1. The van der Waals surface area contributed by atoms with Crippen LogP contribution < -0.4 is 4.74 Å². The van der Waals surface area contributed by atoms with E-state index in [2.05, 4.69) is 4.98 Å². The topological polar surface area (TPSA) is 22.1 Å². The third-order valence-corrected chi connectivity index (χ3v) is 3.95. The van der Waals surface area contributed by atoms with Gasteiger partial charge in [0.05, 0.1) is 28.8 Å². The molecule has 7 heteroatoms. The summed E-state index contributed by atoms with van der Waals surface area (Å²) in [5, 5.41) is 2.79. The number of halogens is 4. The molecule has 0 atom stereocenters. The molecule has 0 spiro atoms. The first-order valence-electron chi connectivity index (χ1n) is 6.29. The normalized spacial score (nSPS) is 11.6. The van der Waals surface area contributed by atoms with Crippen LogP contribution in [0.1, 0.15) is 22.7 Å². The summed E-state index contributed by atoms with van der Waals surface area (Å²) < 4.78 is 43.5. The summed E-state index contributed by atoms with van der Waals surface area (Å²) in [4.78, 5) is 4.28. The van der Waals surface area contributed by atoms with E-state index in [1.54, 1.807) is 0 Å². The Bertz CT molecular complexity index is 586. The molecule has 0 unspecified atom stereocenters. The lowest BCUT2D eigenvalue weighted by Crippen LogP contribution is -2.09. The average Bonchev–Trinajstić information content (AvgIpc) is 2.91. The Balaban J connectivity index is 1.86. The number of hydrogen-bond acceptors (Lipinski definition) is 3. The van der Waals surface area contributed by atoms with Gasteiger partial charge in [-0.2, -0.15) is 13.2 Å². The van der Waals surface area contributed by atoms with E-state index >= 15 is 0 Å². The molecule has 1 heterocycles. The van der Waals surface area contributed by atoms with E-state index in [1.807, 2.05) is 5.38 Å². The van der Waals surface area contributed by atoms with Crippen LogP contribution in [0.5, 0.6) is 5.75 Å². The Morgan fingerprint density at radius 1 is 1.24 bits per heavy atom. The number of rotatable bonds is 6. The van der Waals surface area contributed by atoms with Gasteiger partial charge in [-0.3, -0.25) is 0 Å². The van der Waals surface area contributed by atoms with E-state index in [4.69, 9.17) is 16.3 Å². The summed E-state index contributed by atoms with van der Waals surface area (Å²) in [6, 6.07) is 5.22. The van der Waals surface area contributed by atoms with Crippen molar-refractivity contribution < 1.29 is 17.9 Å². The highest BCUT2D eigenvalue weighted by atomic mass is 35.5. The summed E-state index contributed by atoms with van der Waals surface area (Å²) in [6.07, 6.45) is -3.14. The second-order valence-electron chi connectivity index (χ2n) is 4.31. The van der Waals surface area contributed by atoms with Crippen LogP contribution in [-0.2, 0) is 18.5 Å². The molecule has 2 nitrogen and oxygen atoms in total. The Morgan fingerprint density at radius 3 is 2.67 bits per heavy atom. The standard InChI is InChI=1S/C14H13ClF3NOS/c15-8-10-9-21-13(19-10)6-3-7-20-12-5-2-1-4-11(12)14(16,17)18/h1-2,4-5,9H,3,6-8H2. The lowest BCUT2D eigenvalue weighted by Gasteiger charge is -2.13. The summed E-state index contributed by atoms with van der Waals surface area (Å²) in [6.45, 7) is 0.211. The Kier molecular flexibility index (Phi) is 5.47. The number of hydrogen-bond donors (Lipinski definition) is 0. The van der Waals surface area contributed by atoms with Gasteiger partial charge in [0.25, 0.3) is 0 Å². The van der Waals surface area contributed by atoms with E-state index in [0.29, 0.717) is 18.7 Å². The highest BCUT2D eigenvalue weighted by Crippen LogP contribution is 2.35. The van der Waals surface area contributed by atoms with Crippen molar-refractivity contribution in [3.05, 3.63) is 45.9 Å². The van der Waals surface area contributed by atoms with Crippen molar-refractivity contribution in [3.63, 3.8) is 0 Å². The molecule has 2 rings (SSSR count). The molecule has 0 saturated carbocycles. The number of ether oxygens (including phenoxy) is 1. The number of para-hydroxylation sites is 1. The number of nitrogens with zero attached hydrogens (tertiary/aromatic N) is 1. The molecule has 0 bridgehead atoms. The first-order valence-corrected chi connectivity index (χ1v) is 7.70. The monoisotopic (exact) mass is 335 g/mol. The largest absolute Gasteiger partial charge is 0.493 e. The van der Waals surface area contributed by atoms with Gasteiger partial charge in [-0.1, -0.05) is 12.1 Å². The molecule has 0 saturated heterocycles. The highest BCUT2D eigenvalue weighted by Gasteiger charge is 2.33. The van der Waals surface area contributed by atoms with Crippen LogP contribution >= 0.6 is 22.9 Å². The van der Waals surface area contributed by atoms with Crippen molar-refractivity contribution in [2.45, 2.75) is 24.9 Å². The van der Waals surface area contributed by atoms with Crippen molar-refractivity contribution in [2.75, 3.05) is 6.61 Å². The van der Waals surface area contributed by atoms with Crippen molar-refractivity contribution in [3.8, 4) is 5.75 Å². The maximum Gasteiger partial charge on any atom is 0.419 e. The lowest BCUT2D eigenvalue weighted by atomic mass is 10.2. The first kappa shape index (κ1) is 16.1. The zero-order valence-corrected chi connectivity index (χ0v) is 12.6. The second kappa shape index (κ2) is 7.13. The quantitative estimate of drug-likeness (QED) is 0.552. The predicted molar refractivity (Wildman–Crippen MR) is 76.9 cm³/mol. The molecular formula is C14H13ClF3NOS. The molecule has 21 heavy (non-hydrogen) atoms. The minimum Gasteiger partial charge on any atom is -0.493 e. The van der Waals surface area contributed by atoms with E-state index in [9.17, 15) is 13.2 Å². The van der Waals surface area contributed by atoms with Crippen molar-refractivity contribution in [1.29, 1.82) is 0 Å². The first-order chi connectivity index (χ1) is 10.0. The molecule has 1 aromatic heterocycles. The number of aromatic nitrogens is 1. The van der Waals surface area contributed by atoms with Gasteiger partial charge in [0.15, 0.2) is 0 Å². The fourth-order valence-electron chi connectivity index (χ4n) is 1.76.